The van der Waals surface area contributed by atoms with Gasteiger partial charge in [-0.1, -0.05) is 26.8 Å². The lowest BCUT2D eigenvalue weighted by Gasteiger charge is -2.35. The number of hydrogen-bond donors (Lipinski definition) is 3. The number of methoxy groups -OCH3 is 2. The summed E-state index contributed by atoms with van der Waals surface area (Å²) < 4.78 is 43.9. The zero-order valence-corrected chi connectivity index (χ0v) is 33.4. The molecule has 1 unspecified atom stereocenters. The third-order valence-corrected chi connectivity index (χ3v) is 14.3. The van der Waals surface area contributed by atoms with Crippen molar-refractivity contribution in [1.29, 1.82) is 0 Å². The van der Waals surface area contributed by atoms with Crippen LogP contribution in [0.5, 0.6) is 11.5 Å². The number of rotatable bonds is 13. The second-order valence-electron chi connectivity index (χ2n) is 16.2. The van der Waals surface area contributed by atoms with Gasteiger partial charge in [0.2, 0.25) is 21.8 Å². The standard InChI is InChI=1S/C38H51N5O9S2/c1-8-23-19-38(23,34(46)42-54(48,49)37(5)15-16-37)41-31(44)28-17-22(27-21-53-32(39-27)26-18-25(50-6)13-14-29(26)51-7)20-43(28)33(45)30(36(2,3)4)40-35(47)52-24-11-9-10-12-24/h8,13-14,18,21-24,28,30H,1,9-12,15-17,19-20H2,2-7H3,(H,40,47)(H,41,44)(H,42,46)/t22-,23-,28+,30?,38-/m1/s1. The minimum absolute atomic E-state index is 0.0953. The van der Waals surface area contributed by atoms with Gasteiger partial charge in [-0.2, -0.15) is 0 Å². The van der Waals surface area contributed by atoms with Crippen LogP contribution in [-0.4, -0.2) is 91.4 Å². The van der Waals surface area contributed by atoms with E-state index in [1.165, 1.54) is 22.3 Å². The average molecular weight is 786 g/mol. The van der Waals surface area contributed by atoms with E-state index in [-0.39, 0.29) is 25.5 Å². The number of carbonyl (C=O) groups excluding carboxylic acids is 4. The Balaban J connectivity index is 1.29. The number of hydrogen-bond acceptors (Lipinski definition) is 11. The van der Waals surface area contributed by atoms with E-state index >= 15 is 0 Å². The number of alkyl carbamates (subject to hydrolysis) is 1. The van der Waals surface area contributed by atoms with Gasteiger partial charge in [-0.15, -0.1) is 17.9 Å². The molecule has 3 N–H and O–H groups in total. The van der Waals surface area contributed by atoms with E-state index in [4.69, 9.17) is 19.2 Å². The van der Waals surface area contributed by atoms with Crippen molar-refractivity contribution >= 4 is 45.2 Å². The van der Waals surface area contributed by atoms with Crippen LogP contribution in [0, 0.1) is 11.3 Å². The Labute approximate surface area is 320 Å². The van der Waals surface area contributed by atoms with Gasteiger partial charge in [0, 0.05) is 23.8 Å². The number of carbonyl (C=O) groups is 4. The van der Waals surface area contributed by atoms with Gasteiger partial charge >= 0.3 is 6.09 Å². The quantitative estimate of drug-likeness (QED) is 0.242. The van der Waals surface area contributed by atoms with Gasteiger partial charge in [0.1, 0.15) is 40.2 Å². The predicted octanol–water partition coefficient (Wildman–Crippen LogP) is 4.65. The molecule has 1 aliphatic heterocycles. The number of sulfonamides is 1. The van der Waals surface area contributed by atoms with Crippen LogP contribution >= 0.6 is 11.3 Å². The van der Waals surface area contributed by atoms with Gasteiger partial charge < -0.3 is 29.7 Å². The van der Waals surface area contributed by atoms with Crippen molar-refractivity contribution in [2.75, 3.05) is 20.8 Å². The first-order valence-electron chi connectivity index (χ1n) is 18.4. The monoisotopic (exact) mass is 785 g/mol. The van der Waals surface area contributed by atoms with E-state index in [1.54, 1.807) is 33.3 Å². The largest absolute Gasteiger partial charge is 0.497 e. The normalized spacial score (nSPS) is 25.3. The Kier molecular flexibility index (Phi) is 10.8. The van der Waals surface area contributed by atoms with Gasteiger partial charge in [-0.3, -0.25) is 19.1 Å². The molecule has 5 atom stereocenters. The van der Waals surface area contributed by atoms with Gasteiger partial charge in [-0.05, 0) is 81.9 Å². The molecule has 14 nitrogen and oxygen atoms in total. The Bertz CT molecular complexity index is 1910. The summed E-state index contributed by atoms with van der Waals surface area (Å²) in [5, 5.41) is 8.18. The second kappa shape index (κ2) is 14.8. The molecule has 54 heavy (non-hydrogen) atoms. The number of thiazole rings is 1. The lowest BCUT2D eigenvalue weighted by atomic mass is 9.85. The van der Waals surface area contributed by atoms with Crippen molar-refractivity contribution in [1.82, 2.24) is 25.2 Å². The highest BCUT2D eigenvalue weighted by atomic mass is 32.2. The van der Waals surface area contributed by atoms with E-state index in [0.717, 1.165) is 31.2 Å². The number of nitrogens with zero attached hydrogens (tertiary/aromatic N) is 2. The van der Waals surface area contributed by atoms with E-state index in [2.05, 4.69) is 21.9 Å². The minimum atomic E-state index is -3.99. The van der Waals surface area contributed by atoms with Crippen molar-refractivity contribution in [3.05, 3.63) is 41.9 Å². The third-order valence-electron chi connectivity index (χ3n) is 11.3. The molecule has 1 saturated heterocycles. The summed E-state index contributed by atoms with van der Waals surface area (Å²) in [6.07, 6.45) is 5.23. The van der Waals surface area contributed by atoms with Crippen LogP contribution < -0.4 is 24.8 Å². The van der Waals surface area contributed by atoms with Crippen molar-refractivity contribution < 1.29 is 41.8 Å². The number of aromatic nitrogens is 1. The third kappa shape index (κ3) is 7.81. The molecule has 4 fully saturated rings. The van der Waals surface area contributed by atoms with Gasteiger partial charge in [0.25, 0.3) is 5.91 Å². The molecular weight excluding hydrogens is 735 g/mol. The Morgan fingerprint density at radius 1 is 1.11 bits per heavy atom. The fraction of sp³-hybridized carbons (Fsp3) is 0.605. The summed E-state index contributed by atoms with van der Waals surface area (Å²) >= 11 is 1.39. The van der Waals surface area contributed by atoms with E-state index < -0.39 is 73.5 Å². The maximum atomic E-state index is 14.6. The van der Waals surface area contributed by atoms with Gasteiger partial charge in [-0.25, -0.2) is 18.2 Å². The van der Waals surface area contributed by atoms with Crippen LogP contribution in [0.15, 0.2) is 36.2 Å². The van der Waals surface area contributed by atoms with Crippen LogP contribution in [-0.2, 0) is 29.1 Å². The Hall–Kier alpha value is -4.18. The number of likely N-dealkylation sites (tertiary alicyclic amines) is 1. The fourth-order valence-corrected chi connectivity index (χ4v) is 9.60. The highest BCUT2D eigenvalue weighted by Crippen LogP contribution is 2.47. The molecular formula is C38H51N5O9S2. The molecule has 6 rings (SSSR count). The molecule has 3 aliphatic carbocycles. The van der Waals surface area contributed by atoms with Crippen LogP contribution in [0.2, 0.25) is 0 Å². The molecule has 0 spiro atoms. The summed E-state index contributed by atoms with van der Waals surface area (Å²) in [6.45, 7) is 10.9. The van der Waals surface area contributed by atoms with Crippen molar-refractivity contribution in [3.8, 4) is 22.1 Å². The molecule has 3 saturated carbocycles. The first kappa shape index (κ1) is 39.5. The Morgan fingerprint density at radius 2 is 1.81 bits per heavy atom. The predicted molar refractivity (Wildman–Crippen MR) is 203 cm³/mol. The molecule has 2 aromatic rings. The maximum Gasteiger partial charge on any atom is 0.408 e. The highest BCUT2D eigenvalue weighted by Gasteiger charge is 2.63. The van der Waals surface area contributed by atoms with E-state index in [9.17, 15) is 27.6 Å². The van der Waals surface area contributed by atoms with Gasteiger partial charge in [0.05, 0.1) is 30.2 Å². The topological polar surface area (TPSA) is 182 Å². The molecule has 0 bridgehead atoms. The zero-order valence-electron chi connectivity index (χ0n) is 31.7. The van der Waals surface area contributed by atoms with E-state index in [0.29, 0.717) is 35.0 Å². The van der Waals surface area contributed by atoms with Crippen molar-refractivity contribution in [3.63, 3.8) is 0 Å². The van der Waals surface area contributed by atoms with Crippen LogP contribution in [0.25, 0.3) is 10.6 Å². The van der Waals surface area contributed by atoms with Crippen molar-refractivity contribution in [2.45, 2.75) is 113 Å². The first-order chi connectivity index (χ1) is 25.4. The molecule has 1 aromatic carbocycles. The van der Waals surface area contributed by atoms with Crippen LogP contribution in [0.1, 0.15) is 90.7 Å². The lowest BCUT2D eigenvalue weighted by molar-refractivity contribution is -0.142. The first-order valence-corrected chi connectivity index (χ1v) is 20.8. The molecule has 16 heteroatoms. The Morgan fingerprint density at radius 3 is 2.41 bits per heavy atom. The number of amides is 4. The average Bonchev–Trinajstić information content (AvgIpc) is 3.73. The molecule has 1 aromatic heterocycles. The summed E-state index contributed by atoms with van der Waals surface area (Å²) in [6, 6.07) is 3.27. The van der Waals surface area contributed by atoms with E-state index in [1.807, 2.05) is 32.2 Å². The molecule has 294 valence electrons. The fourth-order valence-electron chi connectivity index (χ4n) is 7.36. The summed E-state index contributed by atoms with van der Waals surface area (Å²) in [5.74, 6) is -1.63. The molecule has 0 radical (unpaired) electrons. The molecule has 4 aliphatic rings. The number of nitrogens with one attached hydrogen (secondary N) is 3. The SMILES string of the molecule is C=C[C@@H]1C[C@]1(NC(=O)[C@@H]1C[C@@H](c2csc(-c3cc(OC)ccc3OC)n2)CN1C(=O)C(NC(=O)OC1CCCC1)C(C)(C)C)C(=O)NS(=O)(=O)C1(C)CC1. The van der Waals surface area contributed by atoms with Crippen molar-refractivity contribution in [2.24, 2.45) is 11.3 Å². The molecule has 2 heterocycles. The maximum absolute atomic E-state index is 14.6. The zero-order chi connectivity index (χ0) is 39.2. The lowest BCUT2D eigenvalue weighted by Crippen LogP contribution is -2.60. The summed E-state index contributed by atoms with van der Waals surface area (Å²) in [4.78, 5) is 62.2. The van der Waals surface area contributed by atoms with Crippen LogP contribution in [0.3, 0.4) is 0 Å². The highest BCUT2D eigenvalue weighted by molar-refractivity contribution is 7.91. The molecule has 4 amide bonds. The summed E-state index contributed by atoms with van der Waals surface area (Å²) in [7, 11) is -0.850. The summed E-state index contributed by atoms with van der Waals surface area (Å²) in [5.41, 5.74) is -0.952. The second-order valence-corrected chi connectivity index (χ2v) is 19.3. The number of ether oxygens (including phenoxy) is 3. The van der Waals surface area contributed by atoms with Gasteiger partial charge in [0.15, 0.2) is 0 Å². The smallest absolute Gasteiger partial charge is 0.408 e. The minimum Gasteiger partial charge on any atom is -0.497 e. The number of benzene rings is 1. The van der Waals surface area contributed by atoms with Crippen LogP contribution in [0.4, 0.5) is 4.79 Å².